The molecule has 0 aliphatic carbocycles. The van der Waals surface area contributed by atoms with Gasteiger partial charge in [0, 0.05) is 33.1 Å². The van der Waals surface area contributed by atoms with Crippen molar-refractivity contribution in [2.45, 2.75) is 31.3 Å². The number of hydrogen-bond acceptors (Lipinski definition) is 3. The molecule has 0 unspecified atom stereocenters. The first-order chi connectivity index (χ1) is 11.0. The monoisotopic (exact) mass is 364 g/mol. The lowest BCUT2D eigenvalue weighted by atomic mass is 10.1. The Hall–Kier alpha value is -1.61. The minimum atomic E-state index is -4.61. The average molecular weight is 364 g/mol. The molecule has 0 bridgehead atoms. The van der Waals surface area contributed by atoms with Crippen LogP contribution in [0.2, 0.25) is 0 Å². The molecule has 1 aliphatic rings. The summed E-state index contributed by atoms with van der Waals surface area (Å²) < 4.78 is 65.5. The predicted molar refractivity (Wildman–Crippen MR) is 81.8 cm³/mol. The van der Waals surface area contributed by atoms with Crippen molar-refractivity contribution < 1.29 is 26.4 Å². The highest BCUT2D eigenvalue weighted by Gasteiger charge is 2.35. The topological polar surface area (TPSA) is 57.7 Å². The fourth-order valence-corrected chi connectivity index (χ4v) is 4.16. The zero-order valence-corrected chi connectivity index (χ0v) is 14.2. The van der Waals surface area contributed by atoms with E-state index < -0.39 is 21.8 Å². The van der Waals surface area contributed by atoms with Crippen molar-refractivity contribution in [2.24, 2.45) is 0 Å². The number of carbonyl (C=O) groups excluding carboxylic acids is 1. The standard InChI is InChI=1S/C15H19F3N2O3S/c1-11-4-5-13(10-14(11)15(16,17)18)24(22,23)20-7-3-6-19(8-9-20)12(2)21/h4-5,10H,3,6-9H2,1-2H3. The first kappa shape index (κ1) is 18.7. The summed E-state index contributed by atoms with van der Waals surface area (Å²) in [6.07, 6.45) is -4.17. The lowest BCUT2D eigenvalue weighted by Gasteiger charge is -2.22. The lowest BCUT2D eigenvalue weighted by Crippen LogP contribution is -2.36. The van der Waals surface area contributed by atoms with E-state index in [4.69, 9.17) is 0 Å². The summed E-state index contributed by atoms with van der Waals surface area (Å²) in [6.45, 7) is 3.59. The Kier molecular flexibility index (Phi) is 5.24. The van der Waals surface area contributed by atoms with Crippen molar-refractivity contribution in [3.63, 3.8) is 0 Å². The van der Waals surface area contributed by atoms with Gasteiger partial charge in [0.05, 0.1) is 10.5 Å². The highest BCUT2D eigenvalue weighted by atomic mass is 32.2. The number of hydrogen-bond donors (Lipinski definition) is 0. The summed E-state index contributed by atoms with van der Waals surface area (Å²) in [4.78, 5) is 12.6. The van der Waals surface area contributed by atoms with Crippen LogP contribution >= 0.6 is 0 Å². The van der Waals surface area contributed by atoms with Gasteiger partial charge in [-0.25, -0.2) is 8.42 Å². The summed E-state index contributed by atoms with van der Waals surface area (Å²) in [7, 11) is -4.04. The van der Waals surface area contributed by atoms with Gasteiger partial charge in [0.25, 0.3) is 0 Å². The number of carbonyl (C=O) groups is 1. The Bertz CT molecular complexity index is 732. The van der Waals surface area contributed by atoms with Gasteiger partial charge in [0.15, 0.2) is 0 Å². The Morgan fingerprint density at radius 3 is 2.38 bits per heavy atom. The molecule has 1 aromatic rings. The van der Waals surface area contributed by atoms with E-state index in [0.29, 0.717) is 19.0 Å². The molecule has 1 amide bonds. The molecule has 1 aromatic carbocycles. The minimum absolute atomic E-state index is 0.0277. The third kappa shape index (κ3) is 3.89. The molecule has 1 heterocycles. The second-order valence-electron chi connectivity index (χ2n) is 5.74. The number of benzene rings is 1. The zero-order chi connectivity index (χ0) is 18.1. The summed E-state index contributed by atoms with van der Waals surface area (Å²) in [6, 6.07) is 3.03. The van der Waals surface area contributed by atoms with E-state index in [0.717, 1.165) is 10.4 Å². The average Bonchev–Trinajstić information content (AvgIpc) is 2.72. The van der Waals surface area contributed by atoms with Crippen LogP contribution in [0.5, 0.6) is 0 Å². The third-order valence-electron chi connectivity index (χ3n) is 4.05. The Labute approximate surface area is 139 Å². The van der Waals surface area contributed by atoms with E-state index in [1.807, 2.05) is 0 Å². The molecule has 0 atom stereocenters. The van der Waals surface area contributed by atoms with Crippen LogP contribution in [-0.2, 0) is 21.0 Å². The van der Waals surface area contributed by atoms with E-state index >= 15 is 0 Å². The van der Waals surface area contributed by atoms with Crippen LogP contribution in [0.25, 0.3) is 0 Å². The molecule has 24 heavy (non-hydrogen) atoms. The number of alkyl halides is 3. The molecule has 0 aromatic heterocycles. The highest BCUT2D eigenvalue weighted by Crippen LogP contribution is 2.33. The van der Waals surface area contributed by atoms with Crippen LogP contribution in [0.1, 0.15) is 24.5 Å². The number of rotatable bonds is 2. The maximum atomic E-state index is 13.0. The molecule has 0 saturated carbocycles. The quantitative estimate of drug-likeness (QED) is 0.809. The molecule has 0 N–H and O–H groups in total. The van der Waals surface area contributed by atoms with Gasteiger partial charge in [0.2, 0.25) is 15.9 Å². The zero-order valence-electron chi connectivity index (χ0n) is 13.4. The van der Waals surface area contributed by atoms with Gasteiger partial charge in [-0.2, -0.15) is 17.5 Å². The number of sulfonamides is 1. The third-order valence-corrected chi connectivity index (χ3v) is 5.95. The summed E-state index contributed by atoms with van der Waals surface area (Å²) in [5.74, 6) is -0.149. The first-order valence-electron chi connectivity index (χ1n) is 7.47. The summed E-state index contributed by atoms with van der Waals surface area (Å²) >= 11 is 0. The van der Waals surface area contributed by atoms with Crippen LogP contribution < -0.4 is 0 Å². The maximum Gasteiger partial charge on any atom is 0.416 e. The Morgan fingerprint density at radius 2 is 1.79 bits per heavy atom. The Balaban J connectivity index is 2.32. The molecule has 5 nitrogen and oxygen atoms in total. The molecule has 0 spiro atoms. The molecule has 2 rings (SSSR count). The SMILES string of the molecule is CC(=O)N1CCCN(S(=O)(=O)c2ccc(C)c(C(F)(F)F)c2)CC1. The van der Waals surface area contributed by atoms with Gasteiger partial charge in [-0.3, -0.25) is 4.79 Å². The molecule has 1 aliphatic heterocycles. The van der Waals surface area contributed by atoms with Gasteiger partial charge >= 0.3 is 6.18 Å². The van der Waals surface area contributed by atoms with Crippen LogP contribution in [0.3, 0.4) is 0 Å². The number of nitrogens with zero attached hydrogens (tertiary/aromatic N) is 2. The molecule has 0 radical (unpaired) electrons. The molecule has 1 saturated heterocycles. The van der Waals surface area contributed by atoms with Crippen LogP contribution in [0.15, 0.2) is 23.1 Å². The number of amides is 1. The van der Waals surface area contributed by atoms with Crippen molar-refractivity contribution in [1.82, 2.24) is 9.21 Å². The van der Waals surface area contributed by atoms with Crippen molar-refractivity contribution in [2.75, 3.05) is 26.2 Å². The van der Waals surface area contributed by atoms with E-state index in [-0.39, 0.29) is 36.0 Å². The van der Waals surface area contributed by atoms with E-state index in [2.05, 4.69) is 0 Å². The van der Waals surface area contributed by atoms with Gasteiger partial charge in [0.1, 0.15) is 0 Å². The molecule has 1 fully saturated rings. The van der Waals surface area contributed by atoms with Crippen molar-refractivity contribution >= 4 is 15.9 Å². The van der Waals surface area contributed by atoms with Crippen molar-refractivity contribution in [3.8, 4) is 0 Å². The second kappa shape index (κ2) is 6.72. The molecular weight excluding hydrogens is 345 g/mol. The largest absolute Gasteiger partial charge is 0.416 e. The molecule has 134 valence electrons. The first-order valence-corrected chi connectivity index (χ1v) is 8.91. The van der Waals surface area contributed by atoms with Gasteiger partial charge in [-0.1, -0.05) is 6.07 Å². The number of halogens is 3. The van der Waals surface area contributed by atoms with E-state index in [9.17, 15) is 26.4 Å². The van der Waals surface area contributed by atoms with Crippen LogP contribution in [0, 0.1) is 6.92 Å². The predicted octanol–water partition coefficient (Wildman–Crippen LogP) is 2.26. The van der Waals surface area contributed by atoms with Gasteiger partial charge < -0.3 is 4.90 Å². The van der Waals surface area contributed by atoms with Crippen LogP contribution in [0.4, 0.5) is 13.2 Å². The van der Waals surface area contributed by atoms with Crippen molar-refractivity contribution in [3.05, 3.63) is 29.3 Å². The normalized spacial score (nSPS) is 17.6. The molecule has 9 heteroatoms. The van der Waals surface area contributed by atoms with Crippen LogP contribution in [-0.4, -0.2) is 49.7 Å². The van der Waals surface area contributed by atoms with E-state index in [1.54, 1.807) is 0 Å². The fourth-order valence-electron chi connectivity index (χ4n) is 2.67. The highest BCUT2D eigenvalue weighted by molar-refractivity contribution is 7.89. The summed E-state index contributed by atoms with van der Waals surface area (Å²) in [5, 5.41) is 0. The van der Waals surface area contributed by atoms with Gasteiger partial charge in [-0.05, 0) is 31.0 Å². The van der Waals surface area contributed by atoms with Crippen molar-refractivity contribution in [1.29, 1.82) is 0 Å². The van der Waals surface area contributed by atoms with E-state index in [1.165, 1.54) is 24.8 Å². The number of aryl methyl sites for hydroxylation is 1. The second-order valence-corrected chi connectivity index (χ2v) is 7.68. The Morgan fingerprint density at radius 1 is 1.12 bits per heavy atom. The maximum absolute atomic E-state index is 13.0. The van der Waals surface area contributed by atoms with Gasteiger partial charge in [-0.15, -0.1) is 0 Å². The smallest absolute Gasteiger partial charge is 0.342 e. The molecular formula is C15H19F3N2O3S. The summed E-state index contributed by atoms with van der Waals surface area (Å²) in [5.41, 5.74) is -0.983. The fraction of sp³-hybridized carbons (Fsp3) is 0.533. The lowest BCUT2D eigenvalue weighted by molar-refractivity contribution is -0.138. The minimum Gasteiger partial charge on any atom is -0.342 e.